The maximum absolute atomic E-state index is 11.4. The first kappa shape index (κ1) is 22.9. The van der Waals surface area contributed by atoms with Crippen molar-refractivity contribution in [3.05, 3.63) is 17.5 Å². The highest BCUT2D eigenvalue weighted by Crippen LogP contribution is 2.16. The van der Waals surface area contributed by atoms with Gasteiger partial charge in [0.05, 0.1) is 5.69 Å². The Bertz CT molecular complexity index is 649. The van der Waals surface area contributed by atoms with Gasteiger partial charge in [0.15, 0.2) is 5.96 Å². The molecule has 8 nitrogen and oxygen atoms in total. The molecule has 158 valence electrons. The number of nitrogens with zero attached hydrogens (tertiary/aromatic N) is 5. The predicted molar refractivity (Wildman–Crippen MR) is 120 cm³/mol. The Morgan fingerprint density at radius 2 is 1.89 bits per heavy atom. The molecule has 1 amide bonds. The summed E-state index contributed by atoms with van der Waals surface area (Å²) in [5.41, 5.74) is 1.00. The number of piperidine rings is 1. The number of hydrogen-bond donors (Lipinski definition) is 1. The van der Waals surface area contributed by atoms with Crippen molar-refractivity contribution in [2.24, 2.45) is 10.9 Å². The summed E-state index contributed by atoms with van der Waals surface area (Å²) in [6.07, 6.45) is 2.13. The van der Waals surface area contributed by atoms with Crippen LogP contribution in [0.15, 0.2) is 15.6 Å². The van der Waals surface area contributed by atoms with Gasteiger partial charge in [-0.2, -0.15) is 0 Å². The van der Waals surface area contributed by atoms with E-state index in [9.17, 15) is 4.79 Å². The van der Waals surface area contributed by atoms with Crippen molar-refractivity contribution >= 4 is 35.8 Å². The van der Waals surface area contributed by atoms with Crippen molar-refractivity contribution in [2.75, 3.05) is 52.9 Å². The van der Waals surface area contributed by atoms with Crippen LogP contribution in [0.5, 0.6) is 0 Å². The lowest BCUT2D eigenvalue weighted by atomic mass is 9.97. The minimum atomic E-state index is 0. The number of aliphatic imine (C=N–C) groups is 1. The van der Waals surface area contributed by atoms with E-state index in [2.05, 4.69) is 25.3 Å². The highest BCUT2D eigenvalue weighted by molar-refractivity contribution is 14.0. The van der Waals surface area contributed by atoms with Crippen LogP contribution >= 0.6 is 24.0 Å². The lowest BCUT2D eigenvalue weighted by molar-refractivity contribution is -0.130. The number of carbonyl (C=O) groups is 1. The van der Waals surface area contributed by atoms with Gasteiger partial charge in [0, 0.05) is 72.4 Å². The van der Waals surface area contributed by atoms with Gasteiger partial charge in [0.25, 0.3) is 0 Å². The third kappa shape index (κ3) is 6.33. The summed E-state index contributed by atoms with van der Waals surface area (Å²) < 4.78 is 5.15. The summed E-state index contributed by atoms with van der Waals surface area (Å²) in [6, 6.07) is 2.00. The third-order valence-corrected chi connectivity index (χ3v) is 5.55. The Labute approximate surface area is 184 Å². The van der Waals surface area contributed by atoms with E-state index in [0.29, 0.717) is 5.92 Å². The van der Waals surface area contributed by atoms with Gasteiger partial charge in [-0.05, 0) is 25.7 Å². The zero-order chi connectivity index (χ0) is 19.2. The number of nitrogens with one attached hydrogen (secondary N) is 1. The van der Waals surface area contributed by atoms with Crippen molar-refractivity contribution in [1.82, 2.24) is 25.2 Å². The van der Waals surface area contributed by atoms with Crippen LogP contribution < -0.4 is 5.32 Å². The molecule has 3 rings (SSSR count). The molecule has 1 N–H and O–H groups in total. The van der Waals surface area contributed by atoms with Gasteiger partial charge < -0.3 is 19.6 Å². The topological polar surface area (TPSA) is 77.2 Å². The van der Waals surface area contributed by atoms with Crippen molar-refractivity contribution < 1.29 is 9.32 Å². The number of amides is 1. The molecule has 9 heteroatoms. The molecule has 0 atom stereocenters. The largest absolute Gasteiger partial charge is 0.361 e. The second kappa shape index (κ2) is 11.0. The highest BCUT2D eigenvalue weighted by Gasteiger charge is 2.23. The summed E-state index contributed by atoms with van der Waals surface area (Å²) >= 11 is 0. The minimum Gasteiger partial charge on any atom is -0.361 e. The second-order valence-corrected chi connectivity index (χ2v) is 7.57. The van der Waals surface area contributed by atoms with Crippen LogP contribution in [0, 0.1) is 12.8 Å². The average molecular weight is 504 g/mol. The molecule has 1 aromatic rings. The molecule has 0 unspecified atom stereocenters. The number of aryl methyl sites for hydroxylation is 1. The highest BCUT2D eigenvalue weighted by atomic mass is 127. The summed E-state index contributed by atoms with van der Waals surface area (Å²) in [5.74, 6) is 2.65. The number of aromatic nitrogens is 1. The third-order valence-electron chi connectivity index (χ3n) is 5.55. The summed E-state index contributed by atoms with van der Waals surface area (Å²) in [5, 5.41) is 7.63. The lowest BCUT2D eigenvalue weighted by Crippen LogP contribution is -2.53. The van der Waals surface area contributed by atoms with E-state index in [1.807, 2.05) is 24.9 Å². The zero-order valence-corrected chi connectivity index (χ0v) is 19.5. The molecule has 3 heterocycles. The van der Waals surface area contributed by atoms with Gasteiger partial charge in [-0.25, -0.2) is 0 Å². The Morgan fingerprint density at radius 3 is 2.43 bits per heavy atom. The molecule has 0 aliphatic carbocycles. The van der Waals surface area contributed by atoms with E-state index >= 15 is 0 Å². The normalized spacial score (nSPS) is 19.5. The minimum absolute atomic E-state index is 0. The van der Waals surface area contributed by atoms with Crippen LogP contribution in [0.25, 0.3) is 0 Å². The fourth-order valence-corrected chi connectivity index (χ4v) is 3.86. The van der Waals surface area contributed by atoms with Gasteiger partial charge in [0.1, 0.15) is 5.76 Å². The van der Waals surface area contributed by atoms with Gasteiger partial charge in [-0.3, -0.25) is 14.7 Å². The van der Waals surface area contributed by atoms with Gasteiger partial charge in [0.2, 0.25) is 5.91 Å². The molecule has 1 aromatic heterocycles. The van der Waals surface area contributed by atoms with Crippen LogP contribution in [-0.4, -0.2) is 84.6 Å². The van der Waals surface area contributed by atoms with Crippen LogP contribution in [-0.2, 0) is 11.3 Å². The summed E-state index contributed by atoms with van der Waals surface area (Å²) in [4.78, 5) is 22.6. The lowest BCUT2D eigenvalue weighted by Gasteiger charge is -2.37. The van der Waals surface area contributed by atoms with Crippen molar-refractivity contribution in [2.45, 2.75) is 33.2 Å². The fraction of sp³-hybridized carbons (Fsp3) is 0.737. The SMILES string of the molecule is CN=C(NCC1CCN(C(C)=O)CC1)N1CCN(Cc2cc(C)on2)CC1.I. The molecule has 0 aromatic carbocycles. The Balaban J connectivity index is 0.00000280. The van der Waals surface area contributed by atoms with Crippen LogP contribution in [0.1, 0.15) is 31.2 Å². The second-order valence-electron chi connectivity index (χ2n) is 7.57. The standard InChI is InChI=1S/C19H32N6O2.HI/c1-15-12-18(22-27-15)14-23-8-10-25(11-9-23)19(20-3)21-13-17-4-6-24(7-5-17)16(2)26;/h12,17H,4-11,13-14H2,1-3H3,(H,20,21);1H. The number of halogens is 1. The van der Waals surface area contributed by atoms with Crippen molar-refractivity contribution in [1.29, 1.82) is 0 Å². The Kier molecular flexibility index (Phi) is 9.00. The smallest absolute Gasteiger partial charge is 0.219 e. The molecule has 0 bridgehead atoms. The molecular formula is C19H33IN6O2. The molecule has 0 radical (unpaired) electrons. The first-order chi connectivity index (χ1) is 13.0. The molecular weight excluding hydrogens is 471 g/mol. The summed E-state index contributed by atoms with van der Waals surface area (Å²) in [7, 11) is 1.85. The van der Waals surface area contributed by atoms with E-state index < -0.39 is 0 Å². The van der Waals surface area contributed by atoms with E-state index in [0.717, 1.165) is 82.6 Å². The number of hydrogen-bond acceptors (Lipinski definition) is 5. The van der Waals surface area contributed by atoms with E-state index in [4.69, 9.17) is 4.52 Å². The number of carbonyl (C=O) groups excluding carboxylic acids is 1. The molecule has 2 fully saturated rings. The molecule has 28 heavy (non-hydrogen) atoms. The van der Waals surface area contributed by atoms with Crippen molar-refractivity contribution in [3.8, 4) is 0 Å². The molecule has 2 aliphatic rings. The molecule has 0 saturated carbocycles. The van der Waals surface area contributed by atoms with E-state index in [-0.39, 0.29) is 29.9 Å². The van der Waals surface area contributed by atoms with Crippen LogP contribution in [0.3, 0.4) is 0 Å². The number of guanidine groups is 1. The van der Waals surface area contributed by atoms with Gasteiger partial charge in [-0.1, -0.05) is 5.16 Å². The van der Waals surface area contributed by atoms with Crippen LogP contribution in [0.2, 0.25) is 0 Å². The van der Waals surface area contributed by atoms with E-state index in [1.54, 1.807) is 6.92 Å². The predicted octanol–water partition coefficient (Wildman–Crippen LogP) is 1.55. The van der Waals surface area contributed by atoms with Gasteiger partial charge >= 0.3 is 0 Å². The number of piperazine rings is 1. The molecule has 2 saturated heterocycles. The van der Waals surface area contributed by atoms with Crippen LogP contribution in [0.4, 0.5) is 0 Å². The first-order valence-corrected chi connectivity index (χ1v) is 9.91. The van der Waals surface area contributed by atoms with E-state index in [1.165, 1.54) is 0 Å². The van der Waals surface area contributed by atoms with Gasteiger partial charge in [-0.15, -0.1) is 24.0 Å². The first-order valence-electron chi connectivity index (χ1n) is 9.91. The monoisotopic (exact) mass is 504 g/mol. The quantitative estimate of drug-likeness (QED) is 0.381. The molecule has 0 spiro atoms. The Hall–Kier alpha value is -1.36. The maximum atomic E-state index is 11.4. The zero-order valence-electron chi connectivity index (χ0n) is 17.2. The number of rotatable bonds is 4. The maximum Gasteiger partial charge on any atom is 0.219 e. The fourth-order valence-electron chi connectivity index (χ4n) is 3.86. The Morgan fingerprint density at radius 1 is 1.21 bits per heavy atom. The van der Waals surface area contributed by atoms with Crippen molar-refractivity contribution in [3.63, 3.8) is 0 Å². The average Bonchev–Trinajstić information content (AvgIpc) is 3.08. The molecule has 2 aliphatic heterocycles. The summed E-state index contributed by atoms with van der Waals surface area (Å²) in [6.45, 7) is 11.0. The number of likely N-dealkylation sites (tertiary alicyclic amines) is 1.